The summed E-state index contributed by atoms with van der Waals surface area (Å²) < 4.78 is 40.5. The molecule has 0 saturated carbocycles. The fraction of sp³-hybridized carbons (Fsp3) is 0.526. The minimum atomic E-state index is -4.32. The molecule has 0 amide bonds. The van der Waals surface area contributed by atoms with Gasteiger partial charge in [-0.05, 0) is 37.8 Å². The Labute approximate surface area is 163 Å². The summed E-state index contributed by atoms with van der Waals surface area (Å²) in [6.07, 6.45) is -3.65. The molecular weight excluding hydrogens is 369 g/mol. The van der Waals surface area contributed by atoms with E-state index in [-0.39, 0.29) is 5.92 Å². The van der Waals surface area contributed by atoms with Crippen LogP contribution in [0.2, 0.25) is 0 Å². The zero-order chi connectivity index (χ0) is 20.7. The zero-order valence-electron chi connectivity index (χ0n) is 16.6. The number of aromatic nitrogens is 3. The highest BCUT2D eigenvalue weighted by Crippen LogP contribution is 2.31. The lowest BCUT2D eigenvalue weighted by atomic mass is 9.96. The van der Waals surface area contributed by atoms with Crippen LogP contribution in [-0.2, 0) is 19.8 Å². The molecule has 1 aromatic heterocycles. The lowest BCUT2D eigenvalue weighted by Crippen LogP contribution is -2.38. The van der Waals surface area contributed by atoms with Crippen LogP contribution >= 0.6 is 0 Å². The summed E-state index contributed by atoms with van der Waals surface area (Å²) >= 11 is 0. The number of guanidine groups is 1. The van der Waals surface area contributed by atoms with Crippen LogP contribution < -0.4 is 10.6 Å². The zero-order valence-corrected chi connectivity index (χ0v) is 16.6. The van der Waals surface area contributed by atoms with Crippen molar-refractivity contribution in [2.24, 2.45) is 12.0 Å². The lowest BCUT2D eigenvalue weighted by Gasteiger charge is -2.16. The third kappa shape index (κ3) is 5.97. The molecular formula is C19H27F3N6. The fourth-order valence-corrected chi connectivity index (χ4v) is 2.68. The van der Waals surface area contributed by atoms with Crippen molar-refractivity contribution < 1.29 is 13.2 Å². The molecule has 2 aromatic rings. The molecule has 0 saturated heterocycles. The van der Waals surface area contributed by atoms with E-state index in [4.69, 9.17) is 0 Å². The Morgan fingerprint density at radius 2 is 2.00 bits per heavy atom. The molecule has 0 spiro atoms. The normalized spacial score (nSPS) is 13.5. The molecule has 0 fully saturated rings. The predicted octanol–water partition coefficient (Wildman–Crippen LogP) is 3.39. The van der Waals surface area contributed by atoms with E-state index in [2.05, 4.69) is 25.8 Å². The summed E-state index contributed by atoms with van der Waals surface area (Å²) in [5.74, 6) is 2.20. The third-order valence-electron chi connectivity index (χ3n) is 4.56. The first-order valence-corrected chi connectivity index (χ1v) is 9.26. The number of halogens is 3. The van der Waals surface area contributed by atoms with Crippen LogP contribution in [0.1, 0.15) is 49.0 Å². The molecule has 1 atom stereocenters. The van der Waals surface area contributed by atoms with Crippen LogP contribution in [0.15, 0.2) is 29.3 Å². The summed E-state index contributed by atoms with van der Waals surface area (Å²) in [4.78, 5) is 4.50. The minimum absolute atomic E-state index is 0.0148. The van der Waals surface area contributed by atoms with Gasteiger partial charge in [0.15, 0.2) is 11.8 Å². The Bertz CT molecular complexity index is 797. The second-order valence-corrected chi connectivity index (χ2v) is 6.66. The predicted molar refractivity (Wildman–Crippen MR) is 103 cm³/mol. The van der Waals surface area contributed by atoms with Gasteiger partial charge < -0.3 is 15.2 Å². The van der Waals surface area contributed by atoms with Crippen molar-refractivity contribution >= 4 is 5.96 Å². The summed E-state index contributed by atoms with van der Waals surface area (Å²) in [7, 11) is 1.89. The minimum Gasteiger partial charge on any atom is -0.357 e. The topological polar surface area (TPSA) is 67.1 Å². The number of aryl methyl sites for hydroxylation is 1. The lowest BCUT2D eigenvalue weighted by molar-refractivity contribution is -0.137. The van der Waals surface area contributed by atoms with Gasteiger partial charge in [-0.15, -0.1) is 10.2 Å². The molecule has 0 aliphatic carbocycles. The highest BCUT2D eigenvalue weighted by molar-refractivity contribution is 5.79. The third-order valence-corrected chi connectivity index (χ3v) is 4.56. The molecule has 0 aliphatic rings. The highest BCUT2D eigenvalue weighted by atomic mass is 19.4. The summed E-state index contributed by atoms with van der Waals surface area (Å²) in [6.45, 7) is 7.43. The average Bonchev–Trinajstić information content (AvgIpc) is 2.97. The summed E-state index contributed by atoms with van der Waals surface area (Å²) in [5, 5.41) is 14.5. The maximum Gasteiger partial charge on any atom is 0.416 e. The standard InChI is InChI=1S/C19H27F3N6/c1-5-23-18(25-12-17-27-26-14(3)28(17)4)24-10-9-13(2)15-7-6-8-16(11-15)19(20,21)22/h6-8,11,13H,5,9-10,12H2,1-4H3,(H2,23,24,25). The Morgan fingerprint density at radius 1 is 1.25 bits per heavy atom. The van der Waals surface area contributed by atoms with Crippen molar-refractivity contribution in [1.82, 2.24) is 25.4 Å². The number of nitrogens with zero attached hydrogens (tertiary/aromatic N) is 4. The number of benzene rings is 1. The Kier molecular flexibility index (Phi) is 7.42. The van der Waals surface area contributed by atoms with Gasteiger partial charge in [-0.1, -0.05) is 25.1 Å². The number of rotatable bonds is 7. The van der Waals surface area contributed by atoms with E-state index in [9.17, 15) is 13.2 Å². The molecule has 1 heterocycles. The number of aliphatic imine (C=N–C) groups is 1. The number of nitrogens with one attached hydrogen (secondary N) is 2. The maximum absolute atomic E-state index is 12.9. The first kappa shape index (κ1) is 21.7. The van der Waals surface area contributed by atoms with Crippen molar-refractivity contribution in [3.05, 3.63) is 47.0 Å². The van der Waals surface area contributed by atoms with Crippen molar-refractivity contribution in [2.45, 2.75) is 45.8 Å². The average molecular weight is 396 g/mol. The van der Waals surface area contributed by atoms with Crippen LogP contribution in [0.3, 0.4) is 0 Å². The van der Waals surface area contributed by atoms with Crippen LogP contribution in [0.5, 0.6) is 0 Å². The van der Waals surface area contributed by atoms with Gasteiger partial charge in [0.2, 0.25) is 0 Å². The molecule has 9 heteroatoms. The first-order chi connectivity index (χ1) is 13.2. The Balaban J connectivity index is 1.93. The van der Waals surface area contributed by atoms with Gasteiger partial charge in [0.1, 0.15) is 12.4 Å². The van der Waals surface area contributed by atoms with Crippen LogP contribution in [0.4, 0.5) is 13.2 Å². The van der Waals surface area contributed by atoms with Gasteiger partial charge in [-0.3, -0.25) is 0 Å². The van der Waals surface area contributed by atoms with Crippen molar-refractivity contribution in [3.8, 4) is 0 Å². The Morgan fingerprint density at radius 3 is 2.61 bits per heavy atom. The largest absolute Gasteiger partial charge is 0.416 e. The summed E-state index contributed by atoms with van der Waals surface area (Å²) in [6, 6.07) is 5.51. The summed E-state index contributed by atoms with van der Waals surface area (Å²) in [5.41, 5.74) is 0.0619. The van der Waals surface area contributed by atoms with Gasteiger partial charge >= 0.3 is 6.18 Å². The fourth-order valence-electron chi connectivity index (χ4n) is 2.68. The van der Waals surface area contributed by atoms with Crippen LogP contribution in [0, 0.1) is 6.92 Å². The Hall–Kier alpha value is -2.58. The quantitative estimate of drug-likeness (QED) is 0.556. The molecule has 0 aliphatic heterocycles. The number of alkyl halides is 3. The van der Waals surface area contributed by atoms with Gasteiger partial charge in [0.05, 0.1) is 5.56 Å². The second kappa shape index (κ2) is 9.57. The van der Waals surface area contributed by atoms with Gasteiger partial charge in [-0.25, -0.2) is 4.99 Å². The smallest absolute Gasteiger partial charge is 0.357 e. The SMILES string of the molecule is CCNC(=NCc1nnc(C)n1C)NCCC(C)c1cccc(C(F)(F)F)c1. The van der Waals surface area contributed by atoms with E-state index < -0.39 is 11.7 Å². The van der Waals surface area contributed by atoms with E-state index in [1.54, 1.807) is 6.07 Å². The number of hydrogen-bond acceptors (Lipinski definition) is 3. The molecule has 28 heavy (non-hydrogen) atoms. The molecule has 154 valence electrons. The van der Waals surface area contributed by atoms with Gasteiger partial charge in [0.25, 0.3) is 0 Å². The molecule has 0 bridgehead atoms. The maximum atomic E-state index is 12.9. The van der Waals surface area contributed by atoms with Crippen molar-refractivity contribution in [2.75, 3.05) is 13.1 Å². The van der Waals surface area contributed by atoms with Crippen molar-refractivity contribution in [3.63, 3.8) is 0 Å². The van der Waals surface area contributed by atoms with Crippen molar-refractivity contribution in [1.29, 1.82) is 0 Å². The monoisotopic (exact) mass is 396 g/mol. The molecule has 0 radical (unpaired) electrons. The van der Waals surface area contributed by atoms with Crippen LogP contribution in [0.25, 0.3) is 0 Å². The second-order valence-electron chi connectivity index (χ2n) is 6.66. The molecule has 1 aromatic carbocycles. The first-order valence-electron chi connectivity index (χ1n) is 9.26. The molecule has 2 N–H and O–H groups in total. The van der Waals surface area contributed by atoms with E-state index in [1.165, 1.54) is 12.1 Å². The number of hydrogen-bond donors (Lipinski definition) is 2. The van der Waals surface area contributed by atoms with Crippen LogP contribution in [-0.4, -0.2) is 33.8 Å². The molecule has 1 unspecified atom stereocenters. The van der Waals surface area contributed by atoms with Gasteiger partial charge in [-0.2, -0.15) is 13.2 Å². The van der Waals surface area contributed by atoms with E-state index in [0.29, 0.717) is 37.6 Å². The molecule has 6 nitrogen and oxygen atoms in total. The van der Waals surface area contributed by atoms with E-state index >= 15 is 0 Å². The van der Waals surface area contributed by atoms with E-state index in [1.807, 2.05) is 32.4 Å². The molecule has 2 rings (SSSR count). The van der Waals surface area contributed by atoms with Gasteiger partial charge in [0, 0.05) is 20.1 Å². The highest BCUT2D eigenvalue weighted by Gasteiger charge is 2.30. The van der Waals surface area contributed by atoms with E-state index in [0.717, 1.165) is 17.7 Å².